The van der Waals surface area contributed by atoms with Gasteiger partial charge >= 0.3 is 0 Å². The molecule has 0 aromatic carbocycles. The van der Waals surface area contributed by atoms with Crippen LogP contribution in [0.15, 0.2) is 12.4 Å². The van der Waals surface area contributed by atoms with Crippen molar-refractivity contribution in [2.45, 2.75) is 20.4 Å². The number of rotatable bonds is 4. The fraction of sp³-hybridized carbons (Fsp3) is 0.600. The van der Waals surface area contributed by atoms with Crippen LogP contribution in [0.5, 0.6) is 0 Å². The first-order valence-corrected chi connectivity index (χ1v) is 5.78. The van der Waals surface area contributed by atoms with Crippen LogP contribution in [-0.2, 0) is 6.54 Å². The lowest BCUT2D eigenvalue weighted by Crippen LogP contribution is -2.18. The van der Waals surface area contributed by atoms with E-state index in [1.165, 1.54) is 0 Å². The summed E-state index contributed by atoms with van der Waals surface area (Å²) in [5.41, 5.74) is 0. The maximum atomic E-state index is 8.79. The van der Waals surface area contributed by atoms with E-state index in [1.807, 2.05) is 10.8 Å². The molecule has 0 aliphatic heterocycles. The van der Waals surface area contributed by atoms with Crippen molar-refractivity contribution in [3.8, 4) is 6.07 Å². The Morgan fingerprint density at radius 3 is 2.86 bits per heavy atom. The summed E-state index contributed by atoms with van der Waals surface area (Å²) in [5.74, 6) is 1.64. The van der Waals surface area contributed by atoms with Crippen molar-refractivity contribution in [2.75, 3.05) is 5.33 Å². The summed E-state index contributed by atoms with van der Waals surface area (Å²) in [6.07, 6.45) is 3.53. The van der Waals surface area contributed by atoms with Gasteiger partial charge in [-0.3, -0.25) is 0 Å². The summed E-state index contributed by atoms with van der Waals surface area (Å²) < 4.78 is 1.91. The highest BCUT2D eigenvalue weighted by Gasteiger charge is 2.14. The SMILES string of the molecule is CC(C)C(CBr)Cn1ccnc1C#N. The molecule has 0 bridgehead atoms. The molecule has 0 saturated carbocycles. The van der Waals surface area contributed by atoms with Crippen LogP contribution in [0, 0.1) is 23.2 Å². The molecule has 0 amide bonds. The lowest BCUT2D eigenvalue weighted by molar-refractivity contribution is 0.372. The molecule has 0 spiro atoms. The lowest BCUT2D eigenvalue weighted by atomic mass is 9.98. The molecular formula is C10H14BrN3. The monoisotopic (exact) mass is 255 g/mol. The van der Waals surface area contributed by atoms with Crippen LogP contribution in [0.2, 0.25) is 0 Å². The first-order chi connectivity index (χ1) is 6.69. The van der Waals surface area contributed by atoms with E-state index >= 15 is 0 Å². The Morgan fingerprint density at radius 2 is 2.36 bits per heavy atom. The average molecular weight is 256 g/mol. The van der Waals surface area contributed by atoms with Crippen LogP contribution in [0.4, 0.5) is 0 Å². The molecule has 0 saturated heterocycles. The van der Waals surface area contributed by atoms with E-state index in [-0.39, 0.29) is 0 Å². The number of imidazole rings is 1. The average Bonchev–Trinajstić information content (AvgIpc) is 2.60. The second-order valence-corrected chi connectivity index (χ2v) is 4.32. The molecule has 3 nitrogen and oxygen atoms in total. The Morgan fingerprint density at radius 1 is 1.64 bits per heavy atom. The molecule has 1 unspecified atom stereocenters. The number of alkyl halides is 1. The Kier molecular flexibility index (Phi) is 4.15. The third-order valence-electron chi connectivity index (χ3n) is 2.39. The maximum absolute atomic E-state index is 8.79. The van der Waals surface area contributed by atoms with Crippen LogP contribution < -0.4 is 0 Å². The third kappa shape index (κ3) is 2.58. The lowest BCUT2D eigenvalue weighted by Gasteiger charge is -2.18. The molecule has 0 radical (unpaired) electrons. The molecule has 0 N–H and O–H groups in total. The topological polar surface area (TPSA) is 41.6 Å². The number of hydrogen-bond donors (Lipinski definition) is 0. The Balaban J connectivity index is 2.72. The number of nitriles is 1. The summed E-state index contributed by atoms with van der Waals surface area (Å²) in [6.45, 7) is 5.23. The third-order valence-corrected chi connectivity index (χ3v) is 3.22. The first-order valence-electron chi connectivity index (χ1n) is 4.66. The zero-order valence-electron chi connectivity index (χ0n) is 8.44. The molecule has 0 fully saturated rings. The van der Waals surface area contributed by atoms with Crippen molar-refractivity contribution in [2.24, 2.45) is 11.8 Å². The summed E-state index contributed by atoms with van der Waals surface area (Å²) in [4.78, 5) is 3.97. The molecular weight excluding hydrogens is 242 g/mol. The maximum Gasteiger partial charge on any atom is 0.212 e. The minimum absolute atomic E-state index is 0.497. The molecule has 1 rings (SSSR count). The summed E-state index contributed by atoms with van der Waals surface area (Å²) in [7, 11) is 0. The van der Waals surface area contributed by atoms with E-state index in [1.54, 1.807) is 6.20 Å². The van der Waals surface area contributed by atoms with Gasteiger partial charge < -0.3 is 4.57 Å². The van der Waals surface area contributed by atoms with Gasteiger partial charge in [0, 0.05) is 24.3 Å². The molecule has 14 heavy (non-hydrogen) atoms. The highest BCUT2D eigenvalue weighted by molar-refractivity contribution is 9.09. The predicted octanol–water partition coefficient (Wildman–Crippen LogP) is 2.42. The number of halogens is 1. The Hall–Kier alpha value is -0.820. The van der Waals surface area contributed by atoms with Crippen molar-refractivity contribution in [1.29, 1.82) is 5.26 Å². The van der Waals surface area contributed by atoms with Gasteiger partial charge in [-0.05, 0) is 11.8 Å². The largest absolute Gasteiger partial charge is 0.322 e. The van der Waals surface area contributed by atoms with Gasteiger partial charge in [0.25, 0.3) is 0 Å². The van der Waals surface area contributed by atoms with Crippen molar-refractivity contribution in [1.82, 2.24) is 9.55 Å². The normalized spacial score (nSPS) is 12.8. The predicted molar refractivity (Wildman–Crippen MR) is 59.1 cm³/mol. The summed E-state index contributed by atoms with van der Waals surface area (Å²) in [5, 5.41) is 9.74. The fourth-order valence-electron chi connectivity index (χ4n) is 1.26. The van der Waals surface area contributed by atoms with E-state index in [4.69, 9.17) is 5.26 Å². The number of aromatic nitrogens is 2. The highest BCUT2D eigenvalue weighted by atomic mass is 79.9. The van der Waals surface area contributed by atoms with Gasteiger partial charge in [-0.15, -0.1) is 0 Å². The summed E-state index contributed by atoms with van der Waals surface area (Å²) in [6, 6.07) is 2.08. The van der Waals surface area contributed by atoms with Crippen molar-refractivity contribution in [3.05, 3.63) is 18.2 Å². The highest BCUT2D eigenvalue weighted by Crippen LogP contribution is 2.16. The zero-order chi connectivity index (χ0) is 10.6. The second-order valence-electron chi connectivity index (χ2n) is 3.67. The molecule has 76 valence electrons. The zero-order valence-corrected chi connectivity index (χ0v) is 10.0. The van der Waals surface area contributed by atoms with E-state index < -0.39 is 0 Å². The van der Waals surface area contributed by atoms with E-state index in [0.29, 0.717) is 17.7 Å². The van der Waals surface area contributed by atoms with Crippen molar-refractivity contribution >= 4 is 15.9 Å². The number of hydrogen-bond acceptors (Lipinski definition) is 2. The van der Waals surface area contributed by atoms with Gasteiger partial charge in [0.2, 0.25) is 5.82 Å². The Labute approximate surface area is 92.9 Å². The van der Waals surface area contributed by atoms with Crippen molar-refractivity contribution in [3.63, 3.8) is 0 Å². The second kappa shape index (κ2) is 5.16. The van der Waals surface area contributed by atoms with Crippen LogP contribution in [0.3, 0.4) is 0 Å². The van der Waals surface area contributed by atoms with Crippen LogP contribution >= 0.6 is 15.9 Å². The van der Waals surface area contributed by atoms with Crippen LogP contribution in [0.1, 0.15) is 19.7 Å². The summed E-state index contributed by atoms with van der Waals surface area (Å²) >= 11 is 3.49. The van der Waals surface area contributed by atoms with E-state index in [2.05, 4.69) is 40.8 Å². The molecule has 1 heterocycles. The minimum atomic E-state index is 0.497. The molecule has 1 aromatic rings. The quantitative estimate of drug-likeness (QED) is 0.776. The minimum Gasteiger partial charge on any atom is -0.322 e. The van der Waals surface area contributed by atoms with Gasteiger partial charge in [0.05, 0.1) is 0 Å². The van der Waals surface area contributed by atoms with E-state index in [0.717, 1.165) is 11.9 Å². The fourth-order valence-corrected chi connectivity index (χ4v) is 2.21. The standard InChI is InChI=1S/C10H14BrN3/c1-8(2)9(5-11)7-14-4-3-13-10(14)6-12/h3-4,8-9H,5,7H2,1-2H3. The first kappa shape index (κ1) is 11.3. The van der Waals surface area contributed by atoms with Gasteiger partial charge in [0.15, 0.2) is 0 Å². The van der Waals surface area contributed by atoms with Gasteiger partial charge in [-0.1, -0.05) is 29.8 Å². The molecule has 4 heteroatoms. The number of nitrogens with zero attached hydrogens (tertiary/aromatic N) is 3. The van der Waals surface area contributed by atoms with Crippen LogP contribution in [-0.4, -0.2) is 14.9 Å². The molecule has 0 aliphatic rings. The smallest absolute Gasteiger partial charge is 0.212 e. The van der Waals surface area contributed by atoms with Gasteiger partial charge in [0.1, 0.15) is 6.07 Å². The molecule has 0 aliphatic carbocycles. The van der Waals surface area contributed by atoms with Gasteiger partial charge in [-0.25, -0.2) is 4.98 Å². The molecule has 1 atom stereocenters. The van der Waals surface area contributed by atoms with Crippen molar-refractivity contribution < 1.29 is 0 Å². The van der Waals surface area contributed by atoms with Crippen LogP contribution in [0.25, 0.3) is 0 Å². The molecule has 1 aromatic heterocycles. The van der Waals surface area contributed by atoms with Gasteiger partial charge in [-0.2, -0.15) is 5.26 Å². The Bertz CT molecular complexity index is 324. The van der Waals surface area contributed by atoms with E-state index in [9.17, 15) is 0 Å².